The highest BCUT2D eigenvalue weighted by molar-refractivity contribution is 5.57. The van der Waals surface area contributed by atoms with Crippen molar-refractivity contribution in [2.75, 3.05) is 0 Å². The van der Waals surface area contributed by atoms with Gasteiger partial charge < -0.3 is 4.42 Å². The van der Waals surface area contributed by atoms with Gasteiger partial charge >= 0.3 is 0 Å². The van der Waals surface area contributed by atoms with Crippen LogP contribution in [0.5, 0.6) is 0 Å². The summed E-state index contributed by atoms with van der Waals surface area (Å²) >= 11 is 0. The van der Waals surface area contributed by atoms with Gasteiger partial charge in [-0.25, -0.2) is 0 Å². The summed E-state index contributed by atoms with van der Waals surface area (Å²) in [6.07, 6.45) is 0. The van der Waals surface area contributed by atoms with Crippen LogP contribution in [0.1, 0.15) is 55.4 Å². The number of nitrogens with zero attached hydrogens (tertiary/aromatic N) is 2. The van der Waals surface area contributed by atoms with Crippen molar-refractivity contribution >= 4 is 0 Å². The van der Waals surface area contributed by atoms with Crippen molar-refractivity contribution in [3.8, 4) is 22.9 Å². The molecule has 3 rings (SSSR count). The van der Waals surface area contributed by atoms with Gasteiger partial charge in [0.2, 0.25) is 11.8 Å². The van der Waals surface area contributed by atoms with E-state index in [0.29, 0.717) is 22.6 Å². The molecule has 0 unspecified atom stereocenters. The Balaban J connectivity index is 0.000000306. The molecule has 0 atom stereocenters. The van der Waals surface area contributed by atoms with E-state index < -0.39 is 0 Å². The quantitative estimate of drug-likeness (QED) is 0.471. The summed E-state index contributed by atoms with van der Waals surface area (Å²) in [5.74, 6) is 1.09. The Morgan fingerprint density at radius 2 is 0.778 bits per heavy atom. The van der Waals surface area contributed by atoms with Crippen LogP contribution in [0.15, 0.2) is 65.1 Å². The summed E-state index contributed by atoms with van der Waals surface area (Å²) in [7, 11) is 0. The van der Waals surface area contributed by atoms with E-state index in [1.54, 1.807) is 0 Å². The molecule has 3 aromatic rings. The maximum absolute atomic E-state index is 5.63. The van der Waals surface area contributed by atoms with Crippen molar-refractivity contribution in [3.05, 3.63) is 60.7 Å². The minimum Gasteiger partial charge on any atom is -0.416 e. The second-order valence-corrected chi connectivity index (χ2v) is 9.64. The molecular weight excluding hydrogens is 332 g/mol. The summed E-state index contributed by atoms with van der Waals surface area (Å²) in [6, 6.07) is 19.5. The normalized spacial score (nSPS) is 11.0. The molecule has 3 nitrogen and oxygen atoms in total. The van der Waals surface area contributed by atoms with E-state index in [9.17, 15) is 0 Å². The van der Waals surface area contributed by atoms with Crippen LogP contribution in [0.2, 0.25) is 0 Å². The molecule has 0 aliphatic heterocycles. The summed E-state index contributed by atoms with van der Waals surface area (Å²) in [5, 5.41) is 8.09. The third-order valence-corrected chi connectivity index (χ3v) is 2.47. The van der Waals surface area contributed by atoms with Gasteiger partial charge in [0, 0.05) is 11.1 Å². The predicted octanol–water partition coefficient (Wildman–Crippen LogP) is 7.51. The summed E-state index contributed by atoms with van der Waals surface area (Å²) in [4.78, 5) is 0. The summed E-state index contributed by atoms with van der Waals surface area (Å²) < 4.78 is 5.63. The van der Waals surface area contributed by atoms with Gasteiger partial charge in [0.05, 0.1) is 0 Å². The molecule has 0 saturated heterocycles. The second-order valence-electron chi connectivity index (χ2n) is 9.64. The topological polar surface area (TPSA) is 38.9 Å². The molecule has 0 N–H and O–H groups in total. The van der Waals surface area contributed by atoms with Crippen LogP contribution in [-0.4, -0.2) is 10.2 Å². The van der Waals surface area contributed by atoms with Gasteiger partial charge in [-0.1, -0.05) is 91.8 Å². The SMILES string of the molecule is CC(C)(C)C.CC(C)(C)C.c1ccc(-c2nnc(-c3ccccc3)o2)cc1. The van der Waals surface area contributed by atoms with E-state index in [0.717, 1.165) is 11.1 Å². The average molecular weight is 367 g/mol. The van der Waals surface area contributed by atoms with Crippen molar-refractivity contribution < 1.29 is 4.42 Å². The third kappa shape index (κ3) is 11.7. The second kappa shape index (κ2) is 10.1. The molecule has 0 saturated carbocycles. The fraction of sp³-hybridized carbons (Fsp3) is 0.417. The minimum absolute atomic E-state index is 0.500. The minimum atomic E-state index is 0.500. The maximum Gasteiger partial charge on any atom is 0.248 e. The Bertz CT molecular complexity index is 685. The zero-order valence-corrected chi connectivity index (χ0v) is 18.1. The maximum atomic E-state index is 5.63. The lowest BCUT2D eigenvalue weighted by Gasteiger charge is -2.05. The first kappa shape index (κ1) is 22.6. The lowest BCUT2D eigenvalue weighted by Crippen LogP contribution is -1.93. The van der Waals surface area contributed by atoms with Crippen LogP contribution in [-0.2, 0) is 0 Å². The smallest absolute Gasteiger partial charge is 0.248 e. The van der Waals surface area contributed by atoms with Crippen LogP contribution in [0.3, 0.4) is 0 Å². The number of hydrogen-bond acceptors (Lipinski definition) is 3. The highest BCUT2D eigenvalue weighted by Gasteiger charge is 2.09. The van der Waals surface area contributed by atoms with E-state index in [2.05, 4.69) is 65.6 Å². The van der Waals surface area contributed by atoms with E-state index >= 15 is 0 Å². The standard InChI is InChI=1S/C14H10N2O.2C5H12/c1-3-7-11(8-4-1)13-15-16-14(17-13)12-9-5-2-6-10-12;2*1-5(2,3)4/h1-10H;2*1-4H3. The largest absolute Gasteiger partial charge is 0.416 e. The highest BCUT2D eigenvalue weighted by Crippen LogP contribution is 2.23. The Morgan fingerprint density at radius 3 is 1.04 bits per heavy atom. The monoisotopic (exact) mass is 366 g/mol. The van der Waals surface area contributed by atoms with Crippen molar-refractivity contribution in [2.24, 2.45) is 10.8 Å². The molecule has 0 radical (unpaired) electrons. The molecule has 0 fully saturated rings. The van der Waals surface area contributed by atoms with E-state index in [-0.39, 0.29) is 0 Å². The van der Waals surface area contributed by atoms with Gasteiger partial charge in [0.15, 0.2) is 0 Å². The predicted molar refractivity (Wildman–Crippen MR) is 115 cm³/mol. The first-order valence-corrected chi connectivity index (χ1v) is 9.38. The Kier molecular flexibility index (Phi) is 8.42. The molecule has 3 heteroatoms. The van der Waals surface area contributed by atoms with Gasteiger partial charge in [-0.3, -0.25) is 0 Å². The molecule has 0 spiro atoms. The fourth-order valence-corrected chi connectivity index (χ4v) is 1.62. The number of rotatable bonds is 2. The van der Waals surface area contributed by atoms with Crippen LogP contribution in [0, 0.1) is 10.8 Å². The van der Waals surface area contributed by atoms with E-state index in [1.165, 1.54) is 0 Å². The fourth-order valence-electron chi connectivity index (χ4n) is 1.62. The molecular formula is C24H34N2O. The lowest BCUT2D eigenvalue weighted by molar-refractivity contribution is 0.469. The molecule has 0 aliphatic rings. The number of hydrogen-bond donors (Lipinski definition) is 0. The van der Waals surface area contributed by atoms with Crippen molar-refractivity contribution in [2.45, 2.75) is 55.4 Å². The molecule has 0 bridgehead atoms. The Hall–Kier alpha value is -2.42. The molecule has 2 aromatic carbocycles. The van der Waals surface area contributed by atoms with Gasteiger partial charge in [0.25, 0.3) is 0 Å². The van der Waals surface area contributed by atoms with Gasteiger partial charge in [-0.05, 0) is 35.1 Å². The zero-order chi connectivity index (χ0) is 20.5. The average Bonchev–Trinajstić information content (AvgIpc) is 3.03. The summed E-state index contributed by atoms with van der Waals surface area (Å²) in [6.45, 7) is 17.5. The molecule has 1 heterocycles. The highest BCUT2D eigenvalue weighted by atomic mass is 16.4. The van der Waals surface area contributed by atoms with Crippen LogP contribution >= 0.6 is 0 Å². The van der Waals surface area contributed by atoms with Crippen molar-refractivity contribution in [1.82, 2.24) is 10.2 Å². The van der Waals surface area contributed by atoms with Gasteiger partial charge in [-0.2, -0.15) is 0 Å². The van der Waals surface area contributed by atoms with Gasteiger partial charge in [0.1, 0.15) is 0 Å². The Labute approximate surface area is 164 Å². The summed E-state index contributed by atoms with van der Waals surface area (Å²) in [5.41, 5.74) is 2.87. The molecule has 1 aromatic heterocycles. The zero-order valence-electron chi connectivity index (χ0n) is 18.1. The Morgan fingerprint density at radius 1 is 0.519 bits per heavy atom. The van der Waals surface area contributed by atoms with E-state index in [1.807, 2.05) is 60.7 Å². The molecule has 0 amide bonds. The van der Waals surface area contributed by atoms with Crippen molar-refractivity contribution in [3.63, 3.8) is 0 Å². The number of aromatic nitrogens is 2. The van der Waals surface area contributed by atoms with Crippen LogP contribution in [0.25, 0.3) is 22.9 Å². The third-order valence-electron chi connectivity index (χ3n) is 2.47. The molecule has 146 valence electrons. The van der Waals surface area contributed by atoms with Crippen LogP contribution in [0.4, 0.5) is 0 Å². The van der Waals surface area contributed by atoms with Gasteiger partial charge in [-0.15, -0.1) is 10.2 Å². The molecule has 0 aliphatic carbocycles. The first-order chi connectivity index (χ1) is 12.4. The van der Waals surface area contributed by atoms with Crippen molar-refractivity contribution in [1.29, 1.82) is 0 Å². The molecule has 27 heavy (non-hydrogen) atoms. The van der Waals surface area contributed by atoms with Crippen LogP contribution < -0.4 is 0 Å². The van der Waals surface area contributed by atoms with E-state index in [4.69, 9.17) is 4.42 Å². The number of benzene rings is 2. The first-order valence-electron chi connectivity index (χ1n) is 9.38. The lowest BCUT2D eigenvalue weighted by atomic mass is 10.0.